The van der Waals surface area contributed by atoms with Gasteiger partial charge in [-0.3, -0.25) is 9.63 Å². The fourth-order valence-electron chi connectivity index (χ4n) is 4.40. The van der Waals surface area contributed by atoms with Gasteiger partial charge in [-0.05, 0) is 58.0 Å². The molecule has 1 N–H and O–H groups in total. The Kier molecular flexibility index (Phi) is 10.6. The fraction of sp³-hybridized carbons (Fsp3) is 0.433. The Labute approximate surface area is 274 Å². The summed E-state index contributed by atoms with van der Waals surface area (Å²) in [5.74, 6) is -0.539. The van der Waals surface area contributed by atoms with Crippen LogP contribution in [0.4, 0.5) is 18.0 Å². The summed E-state index contributed by atoms with van der Waals surface area (Å²) in [4.78, 5) is 29.1. The van der Waals surface area contributed by atoms with Crippen LogP contribution < -0.4 is 4.72 Å². The topological polar surface area (TPSA) is 167 Å². The molecular weight excluding hydrogens is 661 g/mol. The molecule has 1 unspecified atom stereocenters. The van der Waals surface area contributed by atoms with Crippen LogP contribution in [0.3, 0.4) is 0 Å². The number of amides is 1. The van der Waals surface area contributed by atoms with Crippen molar-refractivity contribution in [3.63, 3.8) is 0 Å². The Morgan fingerprint density at radius 2 is 1.67 bits per heavy atom. The van der Waals surface area contributed by atoms with E-state index >= 15 is 0 Å². The number of aromatic nitrogens is 2. The molecule has 3 aromatic rings. The van der Waals surface area contributed by atoms with Gasteiger partial charge in [0.05, 0.1) is 39.8 Å². The van der Waals surface area contributed by atoms with E-state index in [9.17, 15) is 36.4 Å². The second-order valence-corrected chi connectivity index (χ2v) is 13.7. The number of sulfonamides is 1. The molecule has 1 aliphatic rings. The number of hydrogen-bond donors (Lipinski definition) is 1. The van der Waals surface area contributed by atoms with Crippen LogP contribution in [0, 0.1) is 17.5 Å². The van der Waals surface area contributed by atoms with E-state index in [4.69, 9.17) is 14.3 Å². The molecule has 48 heavy (non-hydrogen) atoms. The predicted molar refractivity (Wildman–Crippen MR) is 162 cm³/mol. The van der Waals surface area contributed by atoms with E-state index in [-0.39, 0.29) is 47.2 Å². The number of hydrazine groups is 1. The maximum absolute atomic E-state index is 13.5. The molecule has 0 saturated carbocycles. The molecular formula is C30H35F3N6O8S. The Morgan fingerprint density at radius 1 is 1.06 bits per heavy atom. The minimum absolute atomic E-state index is 0.0900. The molecule has 1 amide bonds. The van der Waals surface area contributed by atoms with Crippen molar-refractivity contribution in [2.45, 2.75) is 70.9 Å². The molecule has 1 aromatic heterocycles. The average molecular weight is 697 g/mol. The van der Waals surface area contributed by atoms with Gasteiger partial charge in [-0.15, -0.1) is 5.01 Å². The lowest BCUT2D eigenvalue weighted by Gasteiger charge is -2.28. The lowest BCUT2D eigenvalue weighted by molar-refractivity contribution is -0.715. The second-order valence-electron chi connectivity index (χ2n) is 12.0. The Morgan fingerprint density at radius 3 is 2.23 bits per heavy atom. The van der Waals surface area contributed by atoms with Crippen molar-refractivity contribution in [3.8, 4) is 16.9 Å². The first kappa shape index (κ1) is 36.0. The second kappa shape index (κ2) is 14.1. The van der Waals surface area contributed by atoms with Gasteiger partial charge in [0.1, 0.15) is 6.10 Å². The lowest BCUT2D eigenvalue weighted by atomic mass is 9.97. The number of nitrogens with zero attached hydrogens (tertiary/aromatic N) is 5. The van der Waals surface area contributed by atoms with Crippen LogP contribution >= 0.6 is 0 Å². The highest BCUT2D eigenvalue weighted by molar-refractivity contribution is 7.90. The van der Waals surface area contributed by atoms with Crippen molar-refractivity contribution in [3.05, 3.63) is 71.1 Å². The summed E-state index contributed by atoms with van der Waals surface area (Å²) in [6.07, 6.45) is -7.46. The normalized spacial score (nSPS) is 15.5. The van der Waals surface area contributed by atoms with E-state index in [0.29, 0.717) is 5.56 Å². The first-order valence-corrected chi connectivity index (χ1v) is 16.2. The number of carbonyl (C=O) groups excluding carboxylic acids is 2. The number of esters is 1. The van der Waals surface area contributed by atoms with E-state index in [1.54, 1.807) is 45.0 Å². The summed E-state index contributed by atoms with van der Waals surface area (Å²) in [5.41, 5.74) is -0.222. The van der Waals surface area contributed by atoms with Crippen LogP contribution in [0.5, 0.6) is 0 Å². The third-order valence-corrected chi connectivity index (χ3v) is 8.37. The molecule has 1 aliphatic heterocycles. The number of carbonyl (C=O) groups is 2. The largest absolute Gasteiger partial charge is 0.569 e. The maximum Gasteiger partial charge on any atom is 0.435 e. The molecule has 1 fully saturated rings. The number of ether oxygens (including phenoxy) is 2. The predicted octanol–water partition coefficient (Wildman–Crippen LogP) is 5.49. The molecule has 2 heterocycles. The number of piperidine rings is 1. The smallest absolute Gasteiger partial charge is 0.435 e. The first-order valence-electron chi connectivity index (χ1n) is 14.7. The molecule has 4 rings (SSSR count). The number of rotatable bonds is 9. The minimum atomic E-state index is -4.71. The fourth-order valence-corrected chi connectivity index (χ4v) is 5.28. The van der Waals surface area contributed by atoms with E-state index in [2.05, 4.69) is 10.4 Å². The summed E-state index contributed by atoms with van der Waals surface area (Å²) in [5, 5.41) is 20.6. The monoisotopic (exact) mass is 696 g/mol. The Bertz CT molecular complexity index is 1750. The zero-order valence-corrected chi connectivity index (χ0v) is 27.5. The molecule has 260 valence electrons. The van der Waals surface area contributed by atoms with Gasteiger partial charge in [-0.1, -0.05) is 29.8 Å². The Balaban J connectivity index is 1.34. The third-order valence-electron chi connectivity index (χ3n) is 7.04. The summed E-state index contributed by atoms with van der Waals surface area (Å²) in [7, 11) is -4.42. The van der Waals surface area contributed by atoms with Gasteiger partial charge in [-0.2, -0.15) is 18.3 Å². The van der Waals surface area contributed by atoms with Crippen LogP contribution in [-0.4, -0.2) is 65.7 Å². The van der Waals surface area contributed by atoms with Crippen LogP contribution in [-0.2, 0) is 35.3 Å². The molecule has 0 spiro atoms. The average Bonchev–Trinajstić information content (AvgIpc) is 3.46. The number of halogens is 3. The van der Waals surface area contributed by atoms with Gasteiger partial charge < -0.3 is 14.7 Å². The van der Waals surface area contributed by atoms with E-state index in [1.165, 1.54) is 24.1 Å². The number of nitrogens with one attached hydrogen (secondary N) is 1. The summed E-state index contributed by atoms with van der Waals surface area (Å²) in [6.45, 7) is 8.39. The first-order chi connectivity index (χ1) is 22.3. The number of alkyl halides is 3. The number of hydrogen-bond acceptors (Lipinski definition) is 10. The summed E-state index contributed by atoms with van der Waals surface area (Å²) in [6, 6.07) is 12.5. The molecule has 14 nitrogen and oxygen atoms in total. The molecule has 0 bridgehead atoms. The lowest BCUT2D eigenvalue weighted by Crippen LogP contribution is -2.43. The summed E-state index contributed by atoms with van der Waals surface area (Å²) >= 11 is 0. The van der Waals surface area contributed by atoms with E-state index in [1.807, 2.05) is 11.6 Å². The van der Waals surface area contributed by atoms with Crippen molar-refractivity contribution in [2.24, 2.45) is 10.7 Å². The SMILES string of the molecule is Cc1ccc(-c2cc(C(F)(F)F)nn2-c2ccc(S(=O)(=O)NC(=O)OC3CCN(/[N+]([O-])=N/OC(C)OC(=O)C(C)(C)C)CC3)cc2)cc1. The van der Waals surface area contributed by atoms with Crippen molar-refractivity contribution in [2.75, 3.05) is 13.1 Å². The van der Waals surface area contributed by atoms with Gasteiger partial charge in [-0.25, -0.2) is 22.6 Å². The molecule has 1 saturated heterocycles. The molecule has 2 aromatic carbocycles. The maximum atomic E-state index is 13.5. The highest BCUT2D eigenvalue weighted by Crippen LogP contribution is 2.33. The van der Waals surface area contributed by atoms with Crippen molar-refractivity contribution >= 4 is 22.1 Å². The highest BCUT2D eigenvalue weighted by Gasteiger charge is 2.35. The van der Waals surface area contributed by atoms with Crippen molar-refractivity contribution in [1.82, 2.24) is 19.5 Å². The van der Waals surface area contributed by atoms with Crippen molar-refractivity contribution in [1.29, 1.82) is 0 Å². The van der Waals surface area contributed by atoms with Crippen LogP contribution in [0.1, 0.15) is 51.8 Å². The van der Waals surface area contributed by atoms with E-state index in [0.717, 1.165) is 28.4 Å². The van der Waals surface area contributed by atoms with Crippen LogP contribution in [0.2, 0.25) is 0 Å². The van der Waals surface area contributed by atoms with E-state index < -0.39 is 51.8 Å². The highest BCUT2D eigenvalue weighted by atomic mass is 32.2. The van der Waals surface area contributed by atoms with Gasteiger partial charge in [0.2, 0.25) is 5.28 Å². The van der Waals surface area contributed by atoms with Crippen LogP contribution in [0.25, 0.3) is 16.9 Å². The molecule has 0 aliphatic carbocycles. The van der Waals surface area contributed by atoms with Gasteiger partial charge in [0.25, 0.3) is 16.3 Å². The van der Waals surface area contributed by atoms with Gasteiger partial charge in [0.15, 0.2) is 5.69 Å². The zero-order chi connectivity index (χ0) is 35.4. The minimum Gasteiger partial charge on any atom is -0.569 e. The van der Waals surface area contributed by atoms with Crippen LogP contribution in [0.15, 0.2) is 64.8 Å². The number of benzene rings is 2. The quantitative estimate of drug-likeness (QED) is 0.0993. The van der Waals surface area contributed by atoms with Gasteiger partial charge in [0, 0.05) is 25.3 Å². The standard InChI is InChI=1S/C30H35F3N6O8S/c1-19-6-8-21(9-7-19)25-18-26(30(31,32)33)34-38(25)22-10-12-24(13-11-22)48(43,44)35-28(41)46-23-14-16-37(17-15-23)39(42)36-47-20(2)45-27(40)29(3,4)5/h6-13,18,20,23H,14-17H2,1-5H3,(H,35,41)/b39-36-. The Hall–Kier alpha value is -4.87. The summed E-state index contributed by atoms with van der Waals surface area (Å²) < 4.78 is 79.5. The number of aryl methyl sites for hydroxylation is 1. The van der Waals surface area contributed by atoms with Gasteiger partial charge >= 0.3 is 18.2 Å². The molecule has 18 heteroatoms. The van der Waals surface area contributed by atoms with Crippen molar-refractivity contribution < 1.29 is 50.5 Å². The molecule has 1 atom stereocenters. The third kappa shape index (κ3) is 9.14. The zero-order valence-electron chi connectivity index (χ0n) is 26.7. The molecule has 0 radical (unpaired) electrons.